The molecule has 0 aliphatic heterocycles. The van der Waals surface area contributed by atoms with E-state index >= 15 is 0 Å². The van der Waals surface area contributed by atoms with Crippen LogP contribution in [0.2, 0.25) is 0 Å². The summed E-state index contributed by atoms with van der Waals surface area (Å²) in [7, 11) is 0. The molecule has 0 heteroatoms. The maximum Gasteiger partial charge on any atom is -0.0334 e. The van der Waals surface area contributed by atoms with Crippen molar-refractivity contribution in [3.63, 3.8) is 0 Å². The zero-order chi connectivity index (χ0) is 89.1. The summed E-state index contributed by atoms with van der Waals surface area (Å²) in [6.45, 7) is 53.1. The summed E-state index contributed by atoms with van der Waals surface area (Å²) in [4.78, 5) is 0. The van der Waals surface area contributed by atoms with E-state index < -0.39 is 0 Å². The molecule has 28 fully saturated rings. The standard InChI is InChI=1S/C14H26.3C13H24.2C12H22.C11H20.2C10H18.C9H16.C8H14/c1-11(2)14-9-12-5-3-6-13(10-14)8-4-7-12;1-10(2)13-9-11-5-3-7-12(13)8-4-6-11;1-10(2)13-11-6-3-4-7-12(13)9-5-8-11;1-10(2)13-9-11-5-3-4-6-12(13)8-7-11;1-9(2)12-10-5-3-6-11(12)8-4-7-10;1-9(2)12-10-5-3-4-6-11(12)8-7-10;1-8(2)11-7-9-3-5-10(11)6-4-9;1-7(2)10-8-3-4-9(10)6-5-8;1-7(2)10-8-4-3-5-9(10)6-8;1-6(2)9-5-7-3-8(9)4-7;1-5(2)8-6-3-7(8)4-6/h11-14H,3-10H2,1-2H3;3*10-13H,3-9H2,1-2H3;2*9-12H,3-8H2,1-2H3;8-11H,3-7H2,1-2H3;2*7-10H,3-6H2,1-2H3;6-9H,3-5H2,1-2H3;5-8H,3-4H2,1-2H3. The first-order chi connectivity index (χ1) is 60.1. The first-order valence-electron chi connectivity index (χ1n) is 60.1. The smallest absolute Gasteiger partial charge is 0.0334 e. The van der Waals surface area contributed by atoms with Crippen LogP contribution >= 0.6 is 0 Å². The lowest BCUT2D eigenvalue weighted by Crippen LogP contribution is -2.52. The van der Waals surface area contributed by atoms with Crippen LogP contribution in [0.3, 0.4) is 0 Å². The quantitative estimate of drug-likeness (QED) is 0.193. The minimum Gasteiger partial charge on any atom is -0.0625 e. The zero-order valence-electron chi connectivity index (χ0n) is 89.1. The van der Waals surface area contributed by atoms with Crippen molar-refractivity contribution in [1.82, 2.24) is 0 Å². The van der Waals surface area contributed by atoms with E-state index in [-0.39, 0.29) is 0 Å². The minimum atomic E-state index is 0.927. The molecule has 0 aromatic rings. The molecular weight excluding hydrogens is 1500 g/mol. The van der Waals surface area contributed by atoms with Gasteiger partial charge in [0.25, 0.3) is 0 Å². The maximum atomic E-state index is 2.45. The lowest BCUT2D eigenvalue weighted by Gasteiger charge is -2.60. The lowest BCUT2D eigenvalue weighted by molar-refractivity contribution is -0.107. The summed E-state index contributed by atoms with van der Waals surface area (Å²) in [5, 5.41) is 0. The molecule has 28 aliphatic rings. The van der Waals surface area contributed by atoms with Crippen molar-refractivity contribution >= 4 is 0 Å². The summed E-state index contributed by atoms with van der Waals surface area (Å²) in [6, 6.07) is 0. The second-order valence-corrected chi connectivity index (χ2v) is 55.3. The van der Waals surface area contributed by atoms with Gasteiger partial charge in [0.15, 0.2) is 0 Å². The molecule has 0 N–H and O–H groups in total. The highest BCUT2D eigenvalue weighted by atomic mass is 14.6. The van der Waals surface area contributed by atoms with E-state index in [1.54, 1.807) is 276 Å². The number of rotatable bonds is 11. The van der Waals surface area contributed by atoms with Crippen molar-refractivity contribution in [3.8, 4) is 0 Å². The molecule has 28 rings (SSSR count). The Morgan fingerprint density at radius 3 is 0.552 bits per heavy atom. The topological polar surface area (TPSA) is 0 Å². The fraction of sp³-hybridized carbons (Fsp3) is 1.00. The molecule has 12 atom stereocenters. The van der Waals surface area contributed by atoms with Gasteiger partial charge in [0.05, 0.1) is 0 Å². The summed E-state index contributed by atoms with van der Waals surface area (Å²) in [6.07, 6.45) is 91.0. The van der Waals surface area contributed by atoms with Crippen LogP contribution in [0.5, 0.6) is 0 Å². The highest BCUT2D eigenvalue weighted by Crippen LogP contribution is 2.62. The molecule has 0 heterocycles. The second-order valence-electron chi connectivity index (χ2n) is 55.3. The number of hydrogen-bond acceptors (Lipinski definition) is 0. The highest BCUT2D eigenvalue weighted by Gasteiger charge is 2.54. The van der Waals surface area contributed by atoms with Gasteiger partial charge >= 0.3 is 0 Å². The Hall–Kier alpha value is 0. The molecule has 125 heavy (non-hydrogen) atoms. The molecule has 728 valence electrons. The van der Waals surface area contributed by atoms with Crippen molar-refractivity contribution in [3.05, 3.63) is 0 Å². The molecule has 28 saturated carbocycles. The fourth-order valence-electron chi connectivity index (χ4n) is 37.6. The Bertz CT molecular complexity index is 2700. The van der Waals surface area contributed by atoms with Crippen LogP contribution < -0.4 is 0 Å². The van der Waals surface area contributed by atoms with Crippen molar-refractivity contribution in [2.45, 2.75) is 531 Å². The minimum absolute atomic E-state index is 0.927. The van der Waals surface area contributed by atoms with Crippen LogP contribution in [0.15, 0.2) is 0 Å². The molecule has 0 aromatic heterocycles. The monoisotopic (exact) mass is 1730 g/mol. The van der Waals surface area contributed by atoms with Gasteiger partial charge in [0.1, 0.15) is 0 Å². The van der Waals surface area contributed by atoms with Crippen LogP contribution in [0.25, 0.3) is 0 Å². The van der Waals surface area contributed by atoms with Crippen LogP contribution in [-0.4, -0.2) is 0 Å². The van der Waals surface area contributed by atoms with Gasteiger partial charge < -0.3 is 0 Å². The van der Waals surface area contributed by atoms with E-state index in [9.17, 15) is 0 Å². The van der Waals surface area contributed by atoms with Crippen molar-refractivity contribution in [1.29, 1.82) is 0 Å². The van der Waals surface area contributed by atoms with Crippen LogP contribution in [0, 0.1) is 260 Å². The molecule has 0 radical (unpaired) electrons. The molecule has 22 bridgehead atoms. The maximum absolute atomic E-state index is 2.45. The van der Waals surface area contributed by atoms with E-state index in [1.165, 1.54) is 115 Å². The molecule has 0 spiro atoms. The molecular formula is C125H228. The van der Waals surface area contributed by atoms with Gasteiger partial charge in [0, 0.05) is 0 Å². The van der Waals surface area contributed by atoms with Gasteiger partial charge in [-0.2, -0.15) is 0 Å². The average molecular weight is 1730 g/mol. The van der Waals surface area contributed by atoms with E-state index in [2.05, 4.69) is 152 Å². The first-order valence-corrected chi connectivity index (χ1v) is 60.1. The van der Waals surface area contributed by atoms with Gasteiger partial charge in [-0.1, -0.05) is 403 Å². The van der Waals surface area contributed by atoms with E-state index in [1.807, 2.05) is 0 Å². The first kappa shape index (κ1) is 104. The summed E-state index contributed by atoms with van der Waals surface area (Å²) >= 11 is 0. The third-order valence-corrected chi connectivity index (χ3v) is 43.9. The summed E-state index contributed by atoms with van der Waals surface area (Å²) < 4.78 is 0. The van der Waals surface area contributed by atoms with Gasteiger partial charge in [-0.15, -0.1) is 0 Å². The Labute approximate surface area is 786 Å². The highest BCUT2D eigenvalue weighted by molar-refractivity contribution is 5.03. The fourth-order valence-corrected chi connectivity index (χ4v) is 37.6. The Balaban J connectivity index is 0.000000126. The third-order valence-electron chi connectivity index (χ3n) is 43.9. The number of hydrogen-bond donors (Lipinski definition) is 0. The van der Waals surface area contributed by atoms with Gasteiger partial charge in [-0.3, -0.25) is 0 Å². The van der Waals surface area contributed by atoms with Crippen molar-refractivity contribution in [2.75, 3.05) is 0 Å². The summed E-state index contributed by atoms with van der Waals surface area (Å²) in [5.74, 6) is 47.0. The Morgan fingerprint density at radius 1 is 0.112 bits per heavy atom. The van der Waals surface area contributed by atoms with Crippen LogP contribution in [0.1, 0.15) is 531 Å². The van der Waals surface area contributed by atoms with Crippen molar-refractivity contribution < 1.29 is 0 Å². The van der Waals surface area contributed by atoms with E-state index in [4.69, 9.17) is 0 Å². The van der Waals surface area contributed by atoms with E-state index in [0.717, 1.165) is 249 Å². The normalized spacial score (nSPS) is 42.7. The molecule has 12 unspecified atom stereocenters. The lowest BCUT2D eigenvalue weighted by atomic mass is 9.45. The molecule has 0 amide bonds. The largest absolute Gasteiger partial charge is 0.0625 e. The molecule has 28 aliphatic carbocycles. The Kier molecular flexibility index (Phi) is 42.7. The Morgan fingerprint density at radius 2 is 0.296 bits per heavy atom. The molecule has 0 aromatic carbocycles. The van der Waals surface area contributed by atoms with Gasteiger partial charge in [0.2, 0.25) is 0 Å². The average Bonchev–Trinajstić information content (AvgIpc) is 1.46. The van der Waals surface area contributed by atoms with Gasteiger partial charge in [-0.05, 0) is 389 Å². The molecule has 0 saturated heterocycles. The zero-order valence-corrected chi connectivity index (χ0v) is 89.1. The van der Waals surface area contributed by atoms with Gasteiger partial charge in [-0.25, -0.2) is 0 Å². The third kappa shape index (κ3) is 29.3. The predicted octanol–water partition coefficient (Wildman–Crippen LogP) is 39.7. The van der Waals surface area contributed by atoms with Crippen molar-refractivity contribution in [2.24, 2.45) is 260 Å². The van der Waals surface area contributed by atoms with Crippen LogP contribution in [0.4, 0.5) is 0 Å². The number of fused-ring (bicyclic) bond motifs is 28. The van der Waals surface area contributed by atoms with E-state index in [0.29, 0.717) is 0 Å². The second kappa shape index (κ2) is 51.4. The summed E-state index contributed by atoms with van der Waals surface area (Å²) in [5.41, 5.74) is 0. The predicted molar refractivity (Wildman–Crippen MR) is 551 cm³/mol. The molecule has 0 nitrogen and oxygen atoms in total. The SMILES string of the molecule is CC(C)C1C2CC1C2.CC(C)C1C2CCC1CC2.CC(C)C1C2CCCC1C2.CC(C)C1C2CCCC1CCC2.CC(C)C1C2CCCCC1CC2.CC(C)C1C2CCCCC1CCC2.CC(C)C1CC2CC1C2.CC(C)C1CC2CCC1CC2.CC(C)C1CC2CCCC(CCC2)C1.CC(C)C1CC2CCCC1CCC2.CC(C)C1CC2CCCCC1CC2. The van der Waals surface area contributed by atoms with Crippen LogP contribution in [-0.2, 0) is 0 Å².